The lowest BCUT2D eigenvalue weighted by molar-refractivity contribution is 0.0951. The average molecular weight is 280 g/mol. The van der Waals surface area contributed by atoms with Crippen LogP contribution >= 0.6 is 0 Å². The van der Waals surface area contributed by atoms with E-state index in [1.807, 2.05) is 12.1 Å². The standard InChI is InChI=1S/C14H12N6O/c21-14(11-3-6-15-7-4-11)18-8-12-2-1-5-17-13(12)20-10-16-9-19-20/h1-7,9-10H,8H2,(H,18,21). The summed E-state index contributed by atoms with van der Waals surface area (Å²) in [6.07, 6.45) is 7.84. The lowest BCUT2D eigenvalue weighted by Gasteiger charge is -2.09. The van der Waals surface area contributed by atoms with Crippen molar-refractivity contribution in [2.75, 3.05) is 0 Å². The third kappa shape index (κ3) is 2.92. The fourth-order valence-electron chi connectivity index (χ4n) is 1.87. The van der Waals surface area contributed by atoms with Crippen molar-refractivity contribution in [2.45, 2.75) is 6.54 Å². The van der Waals surface area contributed by atoms with Crippen LogP contribution in [0, 0.1) is 0 Å². The second kappa shape index (κ2) is 5.91. The summed E-state index contributed by atoms with van der Waals surface area (Å²) in [5, 5.41) is 6.90. The molecule has 0 unspecified atom stereocenters. The molecule has 0 aliphatic rings. The number of carbonyl (C=O) groups excluding carboxylic acids is 1. The zero-order valence-electron chi connectivity index (χ0n) is 11.0. The van der Waals surface area contributed by atoms with Crippen molar-refractivity contribution in [3.05, 3.63) is 66.6 Å². The molecule has 104 valence electrons. The van der Waals surface area contributed by atoms with Crippen LogP contribution < -0.4 is 5.32 Å². The normalized spacial score (nSPS) is 10.3. The molecule has 3 rings (SSSR count). The van der Waals surface area contributed by atoms with Gasteiger partial charge in [0.05, 0.1) is 0 Å². The van der Waals surface area contributed by atoms with E-state index in [1.165, 1.54) is 6.33 Å². The van der Waals surface area contributed by atoms with E-state index >= 15 is 0 Å². The fraction of sp³-hybridized carbons (Fsp3) is 0.0714. The Morgan fingerprint density at radius 3 is 2.76 bits per heavy atom. The van der Waals surface area contributed by atoms with E-state index in [0.717, 1.165) is 5.56 Å². The van der Waals surface area contributed by atoms with Gasteiger partial charge in [-0.25, -0.2) is 14.6 Å². The Bertz CT molecular complexity index is 726. The molecule has 21 heavy (non-hydrogen) atoms. The number of hydrogen-bond donors (Lipinski definition) is 1. The minimum Gasteiger partial charge on any atom is -0.348 e. The highest BCUT2D eigenvalue weighted by Crippen LogP contribution is 2.09. The number of carbonyl (C=O) groups is 1. The van der Waals surface area contributed by atoms with Gasteiger partial charge in [0, 0.05) is 36.3 Å². The van der Waals surface area contributed by atoms with E-state index in [0.29, 0.717) is 17.9 Å². The highest BCUT2D eigenvalue weighted by molar-refractivity contribution is 5.93. The maximum absolute atomic E-state index is 12.0. The third-order valence-electron chi connectivity index (χ3n) is 2.89. The number of nitrogens with one attached hydrogen (secondary N) is 1. The molecule has 1 N–H and O–H groups in total. The lowest BCUT2D eigenvalue weighted by Crippen LogP contribution is -2.23. The van der Waals surface area contributed by atoms with Gasteiger partial charge in [0.1, 0.15) is 12.7 Å². The summed E-state index contributed by atoms with van der Waals surface area (Å²) < 4.78 is 1.56. The van der Waals surface area contributed by atoms with Crippen LogP contribution in [0.5, 0.6) is 0 Å². The highest BCUT2D eigenvalue weighted by atomic mass is 16.1. The summed E-state index contributed by atoms with van der Waals surface area (Å²) in [6.45, 7) is 0.351. The molecule has 3 aromatic heterocycles. The molecule has 0 fully saturated rings. The molecular weight excluding hydrogens is 268 g/mol. The molecule has 0 aromatic carbocycles. The van der Waals surface area contributed by atoms with Gasteiger partial charge < -0.3 is 5.32 Å². The van der Waals surface area contributed by atoms with Crippen LogP contribution in [0.4, 0.5) is 0 Å². The van der Waals surface area contributed by atoms with Gasteiger partial charge in [-0.1, -0.05) is 6.07 Å². The van der Waals surface area contributed by atoms with Crippen LogP contribution in [0.3, 0.4) is 0 Å². The van der Waals surface area contributed by atoms with Gasteiger partial charge in [0.2, 0.25) is 0 Å². The number of aromatic nitrogens is 5. The van der Waals surface area contributed by atoms with Gasteiger partial charge in [-0.3, -0.25) is 9.78 Å². The van der Waals surface area contributed by atoms with Crippen molar-refractivity contribution in [1.29, 1.82) is 0 Å². The molecule has 3 heterocycles. The molecule has 0 aliphatic heterocycles. The van der Waals surface area contributed by atoms with Crippen molar-refractivity contribution in [3.8, 4) is 5.82 Å². The van der Waals surface area contributed by atoms with Crippen LogP contribution in [0.15, 0.2) is 55.5 Å². The Hall–Kier alpha value is -3.09. The predicted molar refractivity (Wildman–Crippen MR) is 74.6 cm³/mol. The van der Waals surface area contributed by atoms with Crippen molar-refractivity contribution in [1.82, 2.24) is 30.0 Å². The summed E-state index contributed by atoms with van der Waals surface area (Å²) >= 11 is 0. The highest BCUT2D eigenvalue weighted by Gasteiger charge is 2.09. The zero-order chi connectivity index (χ0) is 14.5. The third-order valence-corrected chi connectivity index (χ3v) is 2.89. The topological polar surface area (TPSA) is 85.6 Å². The maximum Gasteiger partial charge on any atom is 0.251 e. The molecule has 7 heteroatoms. The SMILES string of the molecule is O=C(NCc1cccnc1-n1cncn1)c1ccncc1. The van der Waals surface area contributed by atoms with E-state index in [9.17, 15) is 4.79 Å². The number of hydrogen-bond acceptors (Lipinski definition) is 5. The Morgan fingerprint density at radius 1 is 1.14 bits per heavy atom. The van der Waals surface area contributed by atoms with E-state index in [2.05, 4.69) is 25.4 Å². The summed E-state index contributed by atoms with van der Waals surface area (Å²) in [5.74, 6) is 0.482. The van der Waals surface area contributed by atoms with Gasteiger partial charge >= 0.3 is 0 Å². The number of pyridine rings is 2. The first-order valence-corrected chi connectivity index (χ1v) is 6.32. The first-order valence-electron chi connectivity index (χ1n) is 6.32. The summed E-state index contributed by atoms with van der Waals surface area (Å²) in [4.78, 5) is 24.1. The van der Waals surface area contributed by atoms with Gasteiger partial charge in [-0.2, -0.15) is 5.10 Å². The van der Waals surface area contributed by atoms with Crippen LogP contribution in [0.2, 0.25) is 0 Å². The summed E-state index contributed by atoms with van der Waals surface area (Å²) in [7, 11) is 0. The molecule has 0 radical (unpaired) electrons. The minimum atomic E-state index is -0.161. The van der Waals surface area contributed by atoms with Gasteiger partial charge in [-0.05, 0) is 18.2 Å². The van der Waals surface area contributed by atoms with Crippen molar-refractivity contribution in [3.63, 3.8) is 0 Å². The van der Waals surface area contributed by atoms with Gasteiger partial charge in [0.25, 0.3) is 5.91 Å². The molecule has 0 saturated heterocycles. The van der Waals surface area contributed by atoms with Crippen LogP contribution in [-0.4, -0.2) is 30.6 Å². The molecule has 3 aromatic rings. The average Bonchev–Trinajstić information content (AvgIpc) is 3.08. The zero-order valence-corrected chi connectivity index (χ0v) is 11.0. The van der Waals surface area contributed by atoms with Gasteiger partial charge in [0.15, 0.2) is 5.82 Å². The molecule has 1 amide bonds. The van der Waals surface area contributed by atoms with Crippen molar-refractivity contribution in [2.24, 2.45) is 0 Å². The largest absolute Gasteiger partial charge is 0.348 e. The molecule has 0 bridgehead atoms. The molecule has 7 nitrogen and oxygen atoms in total. The maximum atomic E-state index is 12.0. The number of rotatable bonds is 4. The van der Waals surface area contributed by atoms with Crippen LogP contribution in [-0.2, 0) is 6.54 Å². The Kier molecular flexibility index (Phi) is 3.64. The molecular formula is C14H12N6O. The predicted octanol–water partition coefficient (Wildman–Crippen LogP) is 0.987. The molecule has 0 spiro atoms. The minimum absolute atomic E-state index is 0.161. The summed E-state index contributed by atoms with van der Waals surface area (Å²) in [6, 6.07) is 7.03. The quantitative estimate of drug-likeness (QED) is 0.770. The lowest BCUT2D eigenvalue weighted by atomic mass is 10.2. The molecule has 0 aliphatic carbocycles. The monoisotopic (exact) mass is 280 g/mol. The van der Waals surface area contributed by atoms with Crippen molar-refractivity contribution >= 4 is 5.91 Å². The molecule has 0 atom stereocenters. The Balaban J connectivity index is 1.76. The first-order chi connectivity index (χ1) is 10.3. The fourth-order valence-corrected chi connectivity index (χ4v) is 1.87. The number of amides is 1. The number of nitrogens with zero attached hydrogens (tertiary/aromatic N) is 5. The second-order valence-corrected chi connectivity index (χ2v) is 4.24. The van der Waals surface area contributed by atoms with E-state index in [-0.39, 0.29) is 5.91 Å². The second-order valence-electron chi connectivity index (χ2n) is 4.24. The Labute approximate surface area is 120 Å². The van der Waals surface area contributed by atoms with E-state index in [4.69, 9.17) is 0 Å². The van der Waals surface area contributed by atoms with Crippen molar-refractivity contribution < 1.29 is 4.79 Å². The smallest absolute Gasteiger partial charge is 0.251 e. The summed E-state index contributed by atoms with van der Waals surface area (Å²) in [5.41, 5.74) is 1.42. The van der Waals surface area contributed by atoms with Crippen LogP contribution in [0.1, 0.15) is 15.9 Å². The van der Waals surface area contributed by atoms with Gasteiger partial charge in [-0.15, -0.1) is 0 Å². The molecule has 0 saturated carbocycles. The first kappa shape index (κ1) is 12.9. The van der Waals surface area contributed by atoms with E-state index in [1.54, 1.807) is 41.7 Å². The van der Waals surface area contributed by atoms with Crippen LogP contribution in [0.25, 0.3) is 5.82 Å². The van der Waals surface area contributed by atoms with E-state index < -0.39 is 0 Å². The Morgan fingerprint density at radius 2 is 2.00 bits per heavy atom.